The number of ether oxygens (including phenoxy) is 1. The van der Waals surface area contributed by atoms with Crippen LogP contribution in [0.4, 0.5) is 0 Å². The molecule has 1 atom stereocenters. The lowest BCUT2D eigenvalue weighted by atomic mass is 9.96. The maximum Gasteiger partial charge on any atom is 0.0472 e. The van der Waals surface area contributed by atoms with E-state index in [1.165, 1.54) is 12.0 Å². The van der Waals surface area contributed by atoms with Crippen LogP contribution in [0, 0.1) is 0 Å². The minimum Gasteiger partial charge on any atom is -0.381 e. The third-order valence-electron chi connectivity index (χ3n) is 3.12. The topological polar surface area (TPSA) is 21.3 Å². The molecule has 1 unspecified atom stereocenters. The van der Waals surface area contributed by atoms with Crippen molar-refractivity contribution in [2.75, 3.05) is 26.3 Å². The molecule has 1 aromatic carbocycles. The maximum atomic E-state index is 5.63. The SMILES string of the molecule is CCCNCC(CCOCCC)c1ccc(Br)cc1. The van der Waals surface area contributed by atoms with E-state index < -0.39 is 0 Å². The summed E-state index contributed by atoms with van der Waals surface area (Å²) in [5.41, 5.74) is 1.40. The summed E-state index contributed by atoms with van der Waals surface area (Å²) in [7, 11) is 0. The maximum absolute atomic E-state index is 5.63. The molecule has 2 nitrogen and oxygen atoms in total. The summed E-state index contributed by atoms with van der Waals surface area (Å²) in [5.74, 6) is 0.538. The minimum atomic E-state index is 0.538. The van der Waals surface area contributed by atoms with Gasteiger partial charge in [-0.25, -0.2) is 0 Å². The zero-order valence-corrected chi connectivity index (χ0v) is 13.7. The number of halogens is 1. The Morgan fingerprint density at radius 2 is 1.84 bits per heavy atom. The lowest BCUT2D eigenvalue weighted by molar-refractivity contribution is 0.127. The summed E-state index contributed by atoms with van der Waals surface area (Å²) in [5, 5.41) is 3.52. The Morgan fingerprint density at radius 3 is 2.47 bits per heavy atom. The van der Waals surface area contributed by atoms with Gasteiger partial charge in [0, 0.05) is 24.2 Å². The van der Waals surface area contributed by atoms with Crippen molar-refractivity contribution in [2.24, 2.45) is 0 Å². The summed E-state index contributed by atoms with van der Waals surface area (Å²) in [6.45, 7) is 8.19. The van der Waals surface area contributed by atoms with Gasteiger partial charge >= 0.3 is 0 Å². The molecule has 19 heavy (non-hydrogen) atoms. The van der Waals surface area contributed by atoms with E-state index in [1.807, 2.05) is 0 Å². The quantitative estimate of drug-likeness (QED) is 0.645. The molecular weight excluding hydrogens is 302 g/mol. The Kier molecular flexibility index (Phi) is 9.14. The summed E-state index contributed by atoms with van der Waals surface area (Å²) < 4.78 is 6.77. The number of benzene rings is 1. The fraction of sp³-hybridized carbons (Fsp3) is 0.625. The van der Waals surface area contributed by atoms with E-state index in [4.69, 9.17) is 4.74 Å². The Bertz CT molecular complexity index is 326. The van der Waals surface area contributed by atoms with Crippen molar-refractivity contribution in [2.45, 2.75) is 39.0 Å². The van der Waals surface area contributed by atoms with Gasteiger partial charge in [-0.15, -0.1) is 0 Å². The standard InChI is InChI=1S/C16H26BrNO/c1-3-10-18-13-15(9-12-19-11-4-2)14-5-7-16(17)8-6-14/h5-8,15,18H,3-4,9-13H2,1-2H3. The molecule has 0 saturated carbocycles. The van der Waals surface area contributed by atoms with Crippen molar-refractivity contribution < 1.29 is 4.74 Å². The first-order valence-electron chi connectivity index (χ1n) is 7.31. The zero-order chi connectivity index (χ0) is 13.9. The second-order valence-electron chi connectivity index (χ2n) is 4.85. The molecule has 108 valence electrons. The van der Waals surface area contributed by atoms with Crippen LogP contribution >= 0.6 is 15.9 Å². The fourth-order valence-electron chi connectivity index (χ4n) is 2.05. The largest absolute Gasteiger partial charge is 0.381 e. The predicted octanol–water partition coefficient (Wildman–Crippen LogP) is 4.35. The molecule has 0 radical (unpaired) electrons. The fourth-order valence-corrected chi connectivity index (χ4v) is 2.31. The van der Waals surface area contributed by atoms with Crippen LogP contribution in [0.2, 0.25) is 0 Å². The van der Waals surface area contributed by atoms with E-state index in [1.54, 1.807) is 0 Å². The molecule has 0 heterocycles. The molecule has 0 fully saturated rings. The normalized spacial score (nSPS) is 12.6. The van der Waals surface area contributed by atoms with Crippen LogP contribution in [0.25, 0.3) is 0 Å². The van der Waals surface area contributed by atoms with Crippen LogP contribution < -0.4 is 5.32 Å². The van der Waals surface area contributed by atoms with Gasteiger partial charge in [0.15, 0.2) is 0 Å². The first-order valence-corrected chi connectivity index (χ1v) is 8.11. The van der Waals surface area contributed by atoms with Crippen LogP contribution in [0.3, 0.4) is 0 Å². The van der Waals surface area contributed by atoms with E-state index in [-0.39, 0.29) is 0 Å². The van der Waals surface area contributed by atoms with E-state index >= 15 is 0 Å². The summed E-state index contributed by atoms with van der Waals surface area (Å²) in [4.78, 5) is 0. The molecule has 0 aromatic heterocycles. The van der Waals surface area contributed by atoms with Crippen molar-refractivity contribution in [3.63, 3.8) is 0 Å². The summed E-state index contributed by atoms with van der Waals surface area (Å²) in [6.07, 6.45) is 3.36. The Labute approximate surface area is 126 Å². The molecule has 1 rings (SSSR count). The van der Waals surface area contributed by atoms with Crippen molar-refractivity contribution >= 4 is 15.9 Å². The number of rotatable bonds is 10. The Hall–Kier alpha value is -0.380. The molecule has 0 aliphatic carbocycles. The highest BCUT2D eigenvalue weighted by Gasteiger charge is 2.11. The molecule has 3 heteroatoms. The highest BCUT2D eigenvalue weighted by atomic mass is 79.9. The van der Waals surface area contributed by atoms with Gasteiger partial charge in [-0.2, -0.15) is 0 Å². The second-order valence-corrected chi connectivity index (χ2v) is 5.77. The molecule has 0 aliphatic rings. The molecule has 0 spiro atoms. The van der Waals surface area contributed by atoms with E-state index in [2.05, 4.69) is 59.4 Å². The third-order valence-corrected chi connectivity index (χ3v) is 3.65. The van der Waals surface area contributed by atoms with Gasteiger partial charge in [0.05, 0.1) is 0 Å². The van der Waals surface area contributed by atoms with Gasteiger partial charge < -0.3 is 10.1 Å². The number of hydrogen-bond donors (Lipinski definition) is 1. The highest BCUT2D eigenvalue weighted by molar-refractivity contribution is 9.10. The molecular formula is C16H26BrNO. The average molecular weight is 328 g/mol. The van der Waals surface area contributed by atoms with Crippen molar-refractivity contribution in [1.29, 1.82) is 0 Å². The van der Waals surface area contributed by atoms with Gasteiger partial charge in [-0.3, -0.25) is 0 Å². The minimum absolute atomic E-state index is 0.538. The Balaban J connectivity index is 2.49. The van der Waals surface area contributed by atoms with E-state index in [9.17, 15) is 0 Å². The molecule has 0 bridgehead atoms. The van der Waals surface area contributed by atoms with Gasteiger partial charge in [-0.1, -0.05) is 41.9 Å². The van der Waals surface area contributed by atoms with Crippen LogP contribution in [-0.4, -0.2) is 26.3 Å². The van der Waals surface area contributed by atoms with Crippen LogP contribution in [-0.2, 0) is 4.74 Å². The molecule has 0 aliphatic heterocycles. The Morgan fingerprint density at radius 1 is 1.11 bits per heavy atom. The lowest BCUT2D eigenvalue weighted by Crippen LogP contribution is -2.23. The smallest absolute Gasteiger partial charge is 0.0472 e. The number of hydrogen-bond acceptors (Lipinski definition) is 2. The van der Waals surface area contributed by atoms with Crippen molar-refractivity contribution in [3.8, 4) is 0 Å². The van der Waals surface area contributed by atoms with Crippen LogP contribution in [0.15, 0.2) is 28.7 Å². The molecule has 0 saturated heterocycles. The van der Waals surface area contributed by atoms with E-state index in [0.717, 1.165) is 43.6 Å². The number of nitrogens with one attached hydrogen (secondary N) is 1. The monoisotopic (exact) mass is 327 g/mol. The second kappa shape index (κ2) is 10.4. The predicted molar refractivity (Wildman–Crippen MR) is 85.8 cm³/mol. The van der Waals surface area contributed by atoms with Crippen LogP contribution in [0.5, 0.6) is 0 Å². The van der Waals surface area contributed by atoms with Gasteiger partial charge in [0.25, 0.3) is 0 Å². The molecule has 1 N–H and O–H groups in total. The first-order chi connectivity index (χ1) is 9.27. The summed E-state index contributed by atoms with van der Waals surface area (Å²) in [6, 6.07) is 8.66. The van der Waals surface area contributed by atoms with Gasteiger partial charge in [0.2, 0.25) is 0 Å². The van der Waals surface area contributed by atoms with Crippen molar-refractivity contribution in [1.82, 2.24) is 5.32 Å². The molecule has 1 aromatic rings. The van der Waals surface area contributed by atoms with Crippen molar-refractivity contribution in [3.05, 3.63) is 34.3 Å². The van der Waals surface area contributed by atoms with Gasteiger partial charge in [0.1, 0.15) is 0 Å². The lowest BCUT2D eigenvalue weighted by Gasteiger charge is -2.18. The van der Waals surface area contributed by atoms with E-state index in [0.29, 0.717) is 5.92 Å². The molecule has 0 amide bonds. The average Bonchev–Trinajstić information content (AvgIpc) is 2.43. The highest BCUT2D eigenvalue weighted by Crippen LogP contribution is 2.21. The summed E-state index contributed by atoms with van der Waals surface area (Å²) >= 11 is 3.49. The van der Waals surface area contributed by atoms with Crippen LogP contribution in [0.1, 0.15) is 44.6 Å². The van der Waals surface area contributed by atoms with Gasteiger partial charge in [-0.05, 0) is 49.4 Å². The third kappa shape index (κ3) is 7.09. The zero-order valence-electron chi connectivity index (χ0n) is 12.1. The first kappa shape index (κ1) is 16.7.